The second-order valence-electron chi connectivity index (χ2n) is 7.02. The molecule has 6 nitrogen and oxygen atoms in total. The van der Waals surface area contributed by atoms with Crippen LogP contribution in [0.3, 0.4) is 0 Å². The minimum atomic E-state index is -1.08. The Morgan fingerprint density at radius 1 is 1.07 bits per heavy atom. The van der Waals surface area contributed by atoms with Crippen LogP contribution in [-0.2, 0) is 22.4 Å². The van der Waals surface area contributed by atoms with Crippen molar-refractivity contribution in [2.24, 2.45) is 0 Å². The van der Waals surface area contributed by atoms with Gasteiger partial charge in [-0.2, -0.15) is 0 Å². The van der Waals surface area contributed by atoms with Crippen LogP contribution in [0.15, 0.2) is 36.4 Å². The van der Waals surface area contributed by atoms with Crippen molar-refractivity contribution >= 4 is 29.2 Å². The van der Waals surface area contributed by atoms with Crippen LogP contribution < -0.4 is 10.6 Å². The zero-order valence-electron chi connectivity index (χ0n) is 16.8. The first-order chi connectivity index (χ1) is 14.3. The molecule has 2 aromatic rings. The zero-order chi connectivity index (χ0) is 22.1. The zero-order valence-corrected chi connectivity index (χ0v) is 17.5. The largest absolute Gasteiger partial charge is 0.481 e. The molecule has 2 aromatic carbocycles. The predicted molar refractivity (Wildman–Crippen MR) is 115 cm³/mol. The molecule has 1 heterocycles. The van der Waals surface area contributed by atoms with E-state index in [2.05, 4.69) is 23.6 Å². The molecular weight excluding hydrogens is 411 g/mol. The molecule has 4 N–H and O–H groups in total. The van der Waals surface area contributed by atoms with Gasteiger partial charge in [0.15, 0.2) is 0 Å². The summed E-state index contributed by atoms with van der Waals surface area (Å²) in [6.45, 7) is 4.03. The summed E-state index contributed by atoms with van der Waals surface area (Å²) in [5, 5.41) is 23.5. The van der Waals surface area contributed by atoms with E-state index >= 15 is 0 Å². The number of carboxylic acids is 2. The number of anilines is 1. The second-order valence-corrected chi connectivity index (χ2v) is 7.42. The molecule has 1 aliphatic rings. The quantitative estimate of drug-likeness (QED) is 0.539. The minimum Gasteiger partial charge on any atom is -0.481 e. The fourth-order valence-electron chi connectivity index (χ4n) is 3.16. The normalized spacial score (nSPS) is 13.8. The van der Waals surface area contributed by atoms with Gasteiger partial charge in [0.25, 0.3) is 0 Å². The molecule has 0 unspecified atom stereocenters. The molecule has 0 spiro atoms. The van der Waals surface area contributed by atoms with Crippen LogP contribution >= 0.6 is 11.6 Å². The lowest BCUT2D eigenvalue weighted by atomic mass is 9.99. The maximum absolute atomic E-state index is 13.1. The Morgan fingerprint density at radius 3 is 2.27 bits per heavy atom. The lowest BCUT2D eigenvalue weighted by Crippen LogP contribution is -2.16. The fourth-order valence-corrected chi connectivity index (χ4v) is 3.40. The number of hydrogen-bond acceptors (Lipinski definition) is 4. The number of aliphatic carboxylic acids is 2. The molecule has 0 aliphatic carbocycles. The van der Waals surface area contributed by atoms with E-state index < -0.39 is 11.9 Å². The third kappa shape index (κ3) is 7.31. The highest BCUT2D eigenvalue weighted by molar-refractivity contribution is 6.33. The highest BCUT2D eigenvalue weighted by atomic mass is 35.5. The highest BCUT2D eigenvalue weighted by Crippen LogP contribution is 2.33. The van der Waals surface area contributed by atoms with Crippen LogP contribution in [0.2, 0.25) is 5.02 Å². The minimum absolute atomic E-state index is 0.0702. The van der Waals surface area contributed by atoms with Gasteiger partial charge in [0.1, 0.15) is 5.82 Å². The molecule has 3 rings (SSSR count). The van der Waals surface area contributed by atoms with E-state index in [4.69, 9.17) is 21.8 Å². The van der Waals surface area contributed by atoms with Crippen molar-refractivity contribution in [1.82, 2.24) is 5.32 Å². The summed E-state index contributed by atoms with van der Waals surface area (Å²) in [5.41, 5.74) is 4.70. The Hall–Kier alpha value is -2.64. The number of rotatable bonds is 6. The average Bonchev–Trinajstić information content (AvgIpc) is 2.95. The Balaban J connectivity index is 0.000000343. The molecule has 1 aliphatic heterocycles. The van der Waals surface area contributed by atoms with E-state index in [9.17, 15) is 14.0 Å². The van der Waals surface area contributed by atoms with E-state index in [1.54, 1.807) is 0 Å². The standard InChI is InChI=1S/C18H20ClFN2.C4H6O4/c1-12(13-2-5-15(20)6-3-13)22-18-16-9-11-21-10-8-14(16)4-7-17(18)19;5-3(6)1-2-4(7)8/h2-7,12,21-22H,8-11H2,1H3;1-2H2,(H,5,6)(H,7,8)/t12-;/m1./s1. The van der Waals surface area contributed by atoms with E-state index in [1.165, 1.54) is 23.3 Å². The van der Waals surface area contributed by atoms with Gasteiger partial charge in [-0.05, 0) is 67.7 Å². The number of halogens is 2. The molecule has 0 saturated carbocycles. The second kappa shape index (κ2) is 11.5. The summed E-state index contributed by atoms with van der Waals surface area (Å²) in [4.78, 5) is 19.3. The molecule has 30 heavy (non-hydrogen) atoms. The maximum atomic E-state index is 13.1. The van der Waals surface area contributed by atoms with Crippen molar-refractivity contribution in [3.63, 3.8) is 0 Å². The number of carboxylic acid groups (broad SMARTS) is 2. The first-order valence-electron chi connectivity index (χ1n) is 9.74. The number of carbonyl (C=O) groups is 2. The topological polar surface area (TPSA) is 98.7 Å². The van der Waals surface area contributed by atoms with Crippen LogP contribution in [0.5, 0.6) is 0 Å². The van der Waals surface area contributed by atoms with Crippen LogP contribution in [0.4, 0.5) is 10.1 Å². The van der Waals surface area contributed by atoms with E-state index in [0.717, 1.165) is 42.2 Å². The van der Waals surface area contributed by atoms with Crippen molar-refractivity contribution in [2.45, 2.75) is 38.6 Å². The Morgan fingerprint density at radius 2 is 1.67 bits per heavy atom. The van der Waals surface area contributed by atoms with E-state index in [-0.39, 0.29) is 24.7 Å². The van der Waals surface area contributed by atoms with Crippen molar-refractivity contribution in [2.75, 3.05) is 18.4 Å². The first-order valence-corrected chi connectivity index (χ1v) is 10.1. The van der Waals surface area contributed by atoms with Gasteiger partial charge >= 0.3 is 11.9 Å². The molecule has 1 atom stereocenters. The third-order valence-electron chi connectivity index (χ3n) is 4.77. The molecule has 8 heteroatoms. The van der Waals surface area contributed by atoms with Gasteiger partial charge in [0.2, 0.25) is 0 Å². The van der Waals surface area contributed by atoms with Crippen LogP contribution in [0.1, 0.15) is 42.5 Å². The predicted octanol–water partition coefficient (Wildman–Crippen LogP) is 4.28. The SMILES string of the molecule is C[C@@H](Nc1c(Cl)ccc2c1CCNCC2)c1ccc(F)cc1.O=C(O)CCC(=O)O. The summed E-state index contributed by atoms with van der Waals surface area (Å²) < 4.78 is 13.1. The molecule has 162 valence electrons. The van der Waals surface area contributed by atoms with Gasteiger partial charge in [-0.25, -0.2) is 4.39 Å². The van der Waals surface area contributed by atoms with Gasteiger partial charge < -0.3 is 20.8 Å². The third-order valence-corrected chi connectivity index (χ3v) is 5.08. The number of fused-ring (bicyclic) bond motifs is 1. The smallest absolute Gasteiger partial charge is 0.303 e. The van der Waals surface area contributed by atoms with Gasteiger partial charge in [0, 0.05) is 6.04 Å². The van der Waals surface area contributed by atoms with E-state index in [1.807, 2.05) is 18.2 Å². The molecule has 0 aromatic heterocycles. The Bertz CT molecular complexity index is 860. The maximum Gasteiger partial charge on any atom is 0.303 e. The highest BCUT2D eigenvalue weighted by Gasteiger charge is 2.17. The first kappa shape index (κ1) is 23.6. The summed E-state index contributed by atoms with van der Waals surface area (Å²) in [6.07, 6.45) is 1.39. The van der Waals surface area contributed by atoms with Crippen LogP contribution in [-0.4, -0.2) is 35.2 Å². The van der Waals surface area contributed by atoms with Gasteiger partial charge in [-0.15, -0.1) is 0 Å². The lowest BCUT2D eigenvalue weighted by Gasteiger charge is -2.21. The molecule has 0 radical (unpaired) electrons. The van der Waals surface area contributed by atoms with Crippen molar-refractivity contribution in [3.8, 4) is 0 Å². The van der Waals surface area contributed by atoms with Crippen molar-refractivity contribution < 1.29 is 24.2 Å². The molecule has 0 fully saturated rings. The summed E-state index contributed by atoms with van der Waals surface area (Å²) in [7, 11) is 0. The number of hydrogen-bond donors (Lipinski definition) is 4. The lowest BCUT2D eigenvalue weighted by molar-refractivity contribution is -0.143. The molecule has 0 amide bonds. The van der Waals surface area contributed by atoms with Crippen LogP contribution in [0, 0.1) is 5.82 Å². The number of benzene rings is 2. The monoisotopic (exact) mass is 436 g/mol. The Labute approximate surface area is 180 Å². The van der Waals surface area contributed by atoms with Gasteiger partial charge in [0.05, 0.1) is 23.6 Å². The van der Waals surface area contributed by atoms with Gasteiger partial charge in [-0.1, -0.05) is 29.8 Å². The van der Waals surface area contributed by atoms with Crippen molar-refractivity contribution in [3.05, 3.63) is 63.9 Å². The van der Waals surface area contributed by atoms with Crippen molar-refractivity contribution in [1.29, 1.82) is 0 Å². The summed E-state index contributed by atoms with van der Waals surface area (Å²) in [6, 6.07) is 10.8. The average molecular weight is 437 g/mol. The summed E-state index contributed by atoms with van der Waals surface area (Å²) in [5.74, 6) is -2.37. The van der Waals surface area contributed by atoms with Crippen LogP contribution in [0.25, 0.3) is 0 Å². The molecule has 0 saturated heterocycles. The fraction of sp³-hybridized carbons (Fsp3) is 0.364. The number of nitrogens with one attached hydrogen (secondary N) is 2. The Kier molecular flexibility index (Phi) is 9.08. The van der Waals surface area contributed by atoms with Gasteiger partial charge in [-0.3, -0.25) is 9.59 Å². The summed E-state index contributed by atoms with van der Waals surface area (Å²) >= 11 is 6.43. The molecule has 0 bridgehead atoms. The molecular formula is C22H26ClFN2O4. The van der Waals surface area contributed by atoms with E-state index in [0.29, 0.717) is 0 Å².